The van der Waals surface area contributed by atoms with Gasteiger partial charge in [0.15, 0.2) is 0 Å². The summed E-state index contributed by atoms with van der Waals surface area (Å²) >= 11 is 0. The van der Waals surface area contributed by atoms with Crippen molar-refractivity contribution in [2.45, 2.75) is 25.3 Å². The summed E-state index contributed by atoms with van der Waals surface area (Å²) in [6, 6.07) is 14.3. The number of carbonyl (C=O) groups excluding carboxylic acids is 1. The summed E-state index contributed by atoms with van der Waals surface area (Å²) in [7, 11) is 0. The van der Waals surface area contributed by atoms with E-state index in [0.29, 0.717) is 19.5 Å². The van der Waals surface area contributed by atoms with Crippen molar-refractivity contribution in [3.63, 3.8) is 0 Å². The van der Waals surface area contributed by atoms with Crippen LogP contribution in [-0.4, -0.2) is 29.9 Å². The van der Waals surface area contributed by atoms with Gasteiger partial charge in [-0.2, -0.15) is 0 Å². The maximum Gasteiger partial charge on any atom is 0.227 e. The Morgan fingerprint density at radius 1 is 1.18 bits per heavy atom. The number of hydrogen-bond donors (Lipinski definition) is 0. The summed E-state index contributed by atoms with van der Waals surface area (Å²) in [6.45, 7) is 1.35. The summed E-state index contributed by atoms with van der Waals surface area (Å²) < 4.78 is 0. The highest BCUT2D eigenvalue weighted by Gasteiger charge is 2.22. The minimum Gasteiger partial charge on any atom is -0.342 e. The molecular weight excluding hydrogens is 276 g/mol. The molecule has 0 aliphatic carbocycles. The van der Waals surface area contributed by atoms with Gasteiger partial charge in [-0.25, -0.2) is 0 Å². The molecule has 1 saturated heterocycles. The van der Waals surface area contributed by atoms with Crippen molar-refractivity contribution >= 4 is 16.7 Å². The average molecular weight is 294 g/mol. The first-order valence-electron chi connectivity index (χ1n) is 7.56. The van der Waals surface area contributed by atoms with E-state index in [2.05, 4.69) is 28.2 Å². The van der Waals surface area contributed by atoms with Crippen molar-refractivity contribution < 1.29 is 4.79 Å². The van der Waals surface area contributed by atoms with Crippen molar-refractivity contribution in [3.05, 3.63) is 58.5 Å². The maximum atomic E-state index is 12.5. The zero-order chi connectivity index (χ0) is 15.4. The lowest BCUT2D eigenvalue weighted by Crippen LogP contribution is -2.40. The molecule has 0 N–H and O–H groups in total. The Bertz CT molecular complexity index is 723. The van der Waals surface area contributed by atoms with Gasteiger partial charge in [-0.3, -0.25) is 4.79 Å². The molecule has 5 nitrogen and oxygen atoms in total. The first-order chi connectivity index (χ1) is 10.8. The molecule has 22 heavy (non-hydrogen) atoms. The fraction of sp³-hybridized carbons (Fsp3) is 0.353. The monoisotopic (exact) mass is 294 g/mol. The predicted octanol–water partition coefficient (Wildman–Crippen LogP) is 3.68. The molecule has 1 amide bonds. The van der Waals surface area contributed by atoms with Crippen LogP contribution in [0.2, 0.25) is 0 Å². The molecular formula is C17H18N4O. The van der Waals surface area contributed by atoms with Crippen molar-refractivity contribution in [2.24, 2.45) is 5.11 Å². The van der Waals surface area contributed by atoms with Crippen LogP contribution in [0.1, 0.15) is 18.4 Å². The van der Waals surface area contributed by atoms with Gasteiger partial charge in [0.2, 0.25) is 5.91 Å². The average Bonchev–Trinajstić information content (AvgIpc) is 2.56. The summed E-state index contributed by atoms with van der Waals surface area (Å²) in [6.07, 6.45) is 1.93. The normalized spacial score (nSPS) is 15.5. The van der Waals surface area contributed by atoms with Crippen LogP contribution in [0.25, 0.3) is 21.2 Å². The molecule has 0 aromatic heterocycles. The fourth-order valence-corrected chi connectivity index (χ4v) is 3.03. The van der Waals surface area contributed by atoms with Crippen molar-refractivity contribution in [1.82, 2.24) is 4.90 Å². The number of hydrogen-bond acceptors (Lipinski definition) is 2. The molecule has 3 rings (SSSR count). The minimum absolute atomic E-state index is 0.0339. The third-order valence-corrected chi connectivity index (χ3v) is 4.25. The molecule has 5 heteroatoms. The second-order valence-corrected chi connectivity index (χ2v) is 5.63. The number of fused-ring (bicyclic) bond motifs is 1. The van der Waals surface area contributed by atoms with Gasteiger partial charge in [0.1, 0.15) is 0 Å². The summed E-state index contributed by atoms with van der Waals surface area (Å²) in [5.74, 6) is 0.149. The van der Waals surface area contributed by atoms with E-state index < -0.39 is 0 Å². The number of amides is 1. The second-order valence-electron chi connectivity index (χ2n) is 5.63. The van der Waals surface area contributed by atoms with Gasteiger partial charge < -0.3 is 4.90 Å². The van der Waals surface area contributed by atoms with Gasteiger partial charge in [-0.1, -0.05) is 47.6 Å². The molecule has 0 atom stereocenters. The van der Waals surface area contributed by atoms with E-state index in [1.807, 2.05) is 29.2 Å². The van der Waals surface area contributed by atoms with Crippen LogP contribution in [0.15, 0.2) is 47.6 Å². The maximum absolute atomic E-state index is 12.5. The lowest BCUT2D eigenvalue weighted by atomic mass is 10.0. The SMILES string of the molecule is [N-]=[N+]=NC1CCN(C(=O)Cc2cccc3ccccc23)CC1. The molecule has 0 spiro atoms. The van der Waals surface area contributed by atoms with Crippen LogP contribution >= 0.6 is 0 Å². The van der Waals surface area contributed by atoms with Crippen LogP contribution < -0.4 is 0 Å². The Labute approximate surface area is 129 Å². The van der Waals surface area contributed by atoms with E-state index in [-0.39, 0.29) is 11.9 Å². The number of likely N-dealkylation sites (tertiary alicyclic amines) is 1. The van der Waals surface area contributed by atoms with E-state index in [0.717, 1.165) is 29.2 Å². The van der Waals surface area contributed by atoms with Crippen molar-refractivity contribution in [3.8, 4) is 0 Å². The Balaban J connectivity index is 1.70. The van der Waals surface area contributed by atoms with Crippen LogP contribution in [0, 0.1) is 0 Å². The number of carbonyl (C=O) groups is 1. The lowest BCUT2D eigenvalue weighted by molar-refractivity contribution is -0.131. The molecule has 0 saturated carbocycles. The fourth-order valence-electron chi connectivity index (χ4n) is 3.03. The first-order valence-corrected chi connectivity index (χ1v) is 7.56. The van der Waals surface area contributed by atoms with E-state index in [9.17, 15) is 4.79 Å². The third kappa shape index (κ3) is 3.05. The van der Waals surface area contributed by atoms with Crippen LogP contribution in [0.4, 0.5) is 0 Å². The number of benzene rings is 2. The second kappa shape index (κ2) is 6.50. The number of rotatable bonds is 3. The first kappa shape index (κ1) is 14.4. The quantitative estimate of drug-likeness (QED) is 0.483. The van der Waals surface area contributed by atoms with Crippen LogP contribution in [0.3, 0.4) is 0 Å². The topological polar surface area (TPSA) is 69.1 Å². The standard InChI is InChI=1S/C17H18N4O/c18-20-19-15-8-10-21(11-9-15)17(22)12-14-6-3-5-13-4-1-2-7-16(13)14/h1-7,15H,8-12H2. The van der Waals surface area contributed by atoms with E-state index in [4.69, 9.17) is 5.53 Å². The largest absolute Gasteiger partial charge is 0.342 e. The summed E-state index contributed by atoms with van der Waals surface area (Å²) in [4.78, 5) is 17.2. The van der Waals surface area contributed by atoms with Gasteiger partial charge >= 0.3 is 0 Å². The minimum atomic E-state index is 0.0339. The number of piperidine rings is 1. The molecule has 1 fully saturated rings. The zero-order valence-electron chi connectivity index (χ0n) is 12.4. The van der Waals surface area contributed by atoms with Gasteiger partial charge in [0, 0.05) is 24.0 Å². The highest BCUT2D eigenvalue weighted by molar-refractivity contribution is 5.90. The molecule has 0 bridgehead atoms. The third-order valence-electron chi connectivity index (χ3n) is 4.25. The molecule has 1 aliphatic heterocycles. The molecule has 2 aromatic carbocycles. The summed E-state index contributed by atoms with van der Waals surface area (Å²) in [5.41, 5.74) is 9.54. The van der Waals surface area contributed by atoms with E-state index in [1.165, 1.54) is 0 Å². The molecule has 1 heterocycles. The van der Waals surface area contributed by atoms with Gasteiger partial charge in [0.25, 0.3) is 0 Å². The van der Waals surface area contributed by atoms with E-state index in [1.54, 1.807) is 0 Å². The van der Waals surface area contributed by atoms with Gasteiger partial charge in [-0.15, -0.1) is 0 Å². The van der Waals surface area contributed by atoms with Gasteiger partial charge in [-0.05, 0) is 34.7 Å². The predicted molar refractivity (Wildman–Crippen MR) is 86.4 cm³/mol. The lowest BCUT2D eigenvalue weighted by Gasteiger charge is -2.30. The smallest absolute Gasteiger partial charge is 0.227 e. The Hall–Kier alpha value is -2.52. The Morgan fingerprint density at radius 2 is 1.91 bits per heavy atom. The molecule has 2 aromatic rings. The molecule has 1 aliphatic rings. The molecule has 0 radical (unpaired) electrons. The van der Waals surface area contributed by atoms with Crippen molar-refractivity contribution in [2.75, 3.05) is 13.1 Å². The highest BCUT2D eigenvalue weighted by Crippen LogP contribution is 2.21. The number of nitrogens with zero attached hydrogens (tertiary/aromatic N) is 4. The Morgan fingerprint density at radius 3 is 2.68 bits per heavy atom. The molecule has 112 valence electrons. The van der Waals surface area contributed by atoms with Gasteiger partial charge in [0.05, 0.1) is 6.42 Å². The Kier molecular flexibility index (Phi) is 4.26. The zero-order valence-corrected chi connectivity index (χ0v) is 12.4. The van der Waals surface area contributed by atoms with Crippen molar-refractivity contribution in [1.29, 1.82) is 0 Å². The highest BCUT2D eigenvalue weighted by atomic mass is 16.2. The summed E-state index contributed by atoms with van der Waals surface area (Å²) in [5, 5.41) is 6.05. The van der Waals surface area contributed by atoms with E-state index >= 15 is 0 Å². The van der Waals surface area contributed by atoms with Crippen LogP contribution in [-0.2, 0) is 11.2 Å². The van der Waals surface area contributed by atoms with Crippen LogP contribution in [0.5, 0.6) is 0 Å². The number of azide groups is 1. The molecule has 0 unspecified atom stereocenters.